The Labute approximate surface area is 138 Å². The molecule has 0 bridgehead atoms. The number of carbonyl (C=O) groups excluding carboxylic acids is 2. The smallest absolute Gasteiger partial charge is 0.268 e. The number of nitrogens with two attached hydrogens (primary N) is 1. The van der Waals surface area contributed by atoms with E-state index in [0.29, 0.717) is 4.47 Å². The Morgan fingerprint density at radius 2 is 1.71 bits per heavy atom. The van der Waals surface area contributed by atoms with Crippen LogP contribution in [0.15, 0.2) is 34.8 Å². The molecule has 21 heavy (non-hydrogen) atoms. The third-order valence-corrected chi connectivity index (χ3v) is 4.96. The number of anilines is 2. The molecule has 0 saturated heterocycles. The number of halogens is 3. The lowest BCUT2D eigenvalue weighted by Gasteiger charge is -2.16. The molecule has 2 N–H and O–H groups in total. The summed E-state index contributed by atoms with van der Waals surface area (Å²) in [5.41, 5.74) is 6.73. The Morgan fingerprint density at radius 1 is 1.00 bits per heavy atom. The molecule has 4 nitrogen and oxygen atoms in total. The highest BCUT2D eigenvalue weighted by molar-refractivity contribution is 9.10. The van der Waals surface area contributed by atoms with E-state index in [1.807, 2.05) is 0 Å². The lowest BCUT2D eigenvalue weighted by atomic mass is 10.1. The second kappa shape index (κ2) is 5.02. The molecular weight excluding hydrogens is 379 g/mol. The van der Waals surface area contributed by atoms with Crippen LogP contribution in [0, 0.1) is 0 Å². The van der Waals surface area contributed by atoms with E-state index in [2.05, 4.69) is 15.9 Å². The average Bonchev–Trinajstić information content (AvgIpc) is 2.71. The van der Waals surface area contributed by atoms with Crippen LogP contribution in [-0.2, 0) is 0 Å². The first-order valence-corrected chi connectivity index (χ1v) is 7.39. The van der Waals surface area contributed by atoms with Gasteiger partial charge in [-0.3, -0.25) is 9.59 Å². The van der Waals surface area contributed by atoms with Gasteiger partial charge in [0.2, 0.25) is 0 Å². The van der Waals surface area contributed by atoms with Crippen LogP contribution in [0.5, 0.6) is 0 Å². The Bertz CT molecular complexity index is 808. The summed E-state index contributed by atoms with van der Waals surface area (Å²) in [6.45, 7) is 0. The Kier molecular flexibility index (Phi) is 3.43. The summed E-state index contributed by atoms with van der Waals surface area (Å²) in [5.74, 6) is -0.976. The summed E-state index contributed by atoms with van der Waals surface area (Å²) in [6.07, 6.45) is 0. The van der Waals surface area contributed by atoms with Crippen molar-refractivity contribution in [2.45, 2.75) is 0 Å². The first-order valence-electron chi connectivity index (χ1n) is 5.84. The van der Waals surface area contributed by atoms with Gasteiger partial charge >= 0.3 is 0 Å². The van der Waals surface area contributed by atoms with E-state index in [4.69, 9.17) is 28.9 Å². The number of hydrogen-bond acceptors (Lipinski definition) is 3. The van der Waals surface area contributed by atoms with E-state index in [-0.39, 0.29) is 32.5 Å². The van der Waals surface area contributed by atoms with Crippen LogP contribution in [0.1, 0.15) is 20.7 Å². The van der Waals surface area contributed by atoms with Gasteiger partial charge in [-0.05, 0) is 40.2 Å². The fourth-order valence-corrected chi connectivity index (χ4v) is 3.07. The van der Waals surface area contributed by atoms with E-state index in [1.165, 1.54) is 0 Å². The van der Waals surface area contributed by atoms with Gasteiger partial charge in [-0.1, -0.05) is 29.3 Å². The van der Waals surface area contributed by atoms with Gasteiger partial charge in [0.25, 0.3) is 11.8 Å². The van der Waals surface area contributed by atoms with Crippen molar-refractivity contribution in [1.29, 1.82) is 0 Å². The molecule has 0 spiro atoms. The number of rotatable bonds is 1. The molecule has 0 fully saturated rings. The summed E-state index contributed by atoms with van der Waals surface area (Å²) in [4.78, 5) is 25.9. The van der Waals surface area contributed by atoms with E-state index >= 15 is 0 Å². The molecule has 2 aromatic carbocycles. The molecule has 0 atom stereocenters. The standard InChI is InChI=1S/C14H7BrCl2N2O2/c15-7-4-5-9(12(17)11(7)16)19-13(20)6-2-1-3-8(18)10(6)14(19)21/h1-5H,18H2. The van der Waals surface area contributed by atoms with Crippen LogP contribution in [-0.4, -0.2) is 11.8 Å². The first kappa shape index (κ1) is 14.4. The van der Waals surface area contributed by atoms with Gasteiger partial charge in [-0.2, -0.15) is 0 Å². The van der Waals surface area contributed by atoms with Crippen molar-refractivity contribution in [3.05, 3.63) is 56.0 Å². The second-order valence-electron chi connectivity index (χ2n) is 4.41. The molecule has 1 heterocycles. The van der Waals surface area contributed by atoms with Crippen molar-refractivity contribution in [1.82, 2.24) is 0 Å². The molecule has 0 aromatic heterocycles. The maximum Gasteiger partial charge on any atom is 0.268 e. The SMILES string of the molecule is Nc1cccc2c1C(=O)N(c1ccc(Br)c(Cl)c1Cl)C2=O. The van der Waals surface area contributed by atoms with Crippen molar-refractivity contribution in [2.24, 2.45) is 0 Å². The van der Waals surface area contributed by atoms with Crippen molar-refractivity contribution in [3.63, 3.8) is 0 Å². The lowest BCUT2D eigenvalue weighted by Crippen LogP contribution is -2.29. The van der Waals surface area contributed by atoms with Crippen LogP contribution in [0.25, 0.3) is 0 Å². The van der Waals surface area contributed by atoms with Crippen molar-refractivity contribution in [2.75, 3.05) is 10.6 Å². The van der Waals surface area contributed by atoms with Gasteiger partial charge in [-0.15, -0.1) is 0 Å². The Hall–Kier alpha value is -1.56. The van der Waals surface area contributed by atoms with Gasteiger partial charge in [0.1, 0.15) is 0 Å². The second-order valence-corrected chi connectivity index (χ2v) is 6.02. The number of amides is 2. The van der Waals surface area contributed by atoms with Crippen LogP contribution >= 0.6 is 39.1 Å². The fourth-order valence-electron chi connectivity index (χ4n) is 2.22. The van der Waals surface area contributed by atoms with Gasteiger partial charge in [0.15, 0.2) is 0 Å². The maximum atomic E-state index is 12.5. The first-order chi connectivity index (χ1) is 9.93. The normalized spacial score (nSPS) is 13.8. The quantitative estimate of drug-likeness (QED) is 0.455. The zero-order valence-corrected chi connectivity index (χ0v) is 13.5. The van der Waals surface area contributed by atoms with Gasteiger partial charge in [0.05, 0.1) is 26.9 Å². The van der Waals surface area contributed by atoms with Crippen LogP contribution in [0.2, 0.25) is 10.0 Å². The third-order valence-electron chi connectivity index (χ3n) is 3.20. The lowest BCUT2D eigenvalue weighted by molar-refractivity contribution is 0.0926. The van der Waals surface area contributed by atoms with Gasteiger partial charge in [-0.25, -0.2) is 4.90 Å². The van der Waals surface area contributed by atoms with E-state index in [0.717, 1.165) is 4.90 Å². The molecule has 0 unspecified atom stereocenters. The monoisotopic (exact) mass is 384 g/mol. The maximum absolute atomic E-state index is 12.5. The number of nitrogen functional groups attached to an aromatic ring is 1. The number of hydrogen-bond donors (Lipinski definition) is 1. The highest BCUT2D eigenvalue weighted by Gasteiger charge is 2.39. The topological polar surface area (TPSA) is 63.4 Å². The molecule has 1 aliphatic heterocycles. The predicted octanol–water partition coefficient (Wildman–Crippen LogP) is 4.14. The predicted molar refractivity (Wildman–Crippen MR) is 86.2 cm³/mol. The summed E-state index contributed by atoms with van der Waals surface area (Å²) in [6, 6.07) is 7.93. The average molecular weight is 386 g/mol. The number of benzene rings is 2. The molecule has 2 amide bonds. The zero-order chi connectivity index (χ0) is 15.3. The Balaban J connectivity index is 2.19. The number of carbonyl (C=O) groups is 2. The summed E-state index contributed by atoms with van der Waals surface area (Å²) < 4.78 is 0.578. The minimum absolute atomic E-state index is 0.124. The largest absolute Gasteiger partial charge is 0.398 e. The van der Waals surface area contributed by atoms with E-state index in [1.54, 1.807) is 30.3 Å². The number of nitrogens with zero attached hydrogens (tertiary/aromatic N) is 1. The van der Waals surface area contributed by atoms with E-state index < -0.39 is 11.8 Å². The molecule has 3 rings (SSSR count). The highest BCUT2D eigenvalue weighted by Crippen LogP contribution is 2.41. The molecular formula is C14H7BrCl2N2O2. The molecule has 0 aliphatic carbocycles. The van der Waals surface area contributed by atoms with Crippen molar-refractivity contribution >= 4 is 62.3 Å². The Morgan fingerprint density at radius 3 is 2.38 bits per heavy atom. The number of imide groups is 1. The van der Waals surface area contributed by atoms with Crippen molar-refractivity contribution in [3.8, 4) is 0 Å². The summed E-state index contributed by atoms with van der Waals surface area (Å²) in [5, 5.41) is 0.359. The minimum Gasteiger partial charge on any atom is -0.398 e. The molecule has 106 valence electrons. The van der Waals surface area contributed by atoms with Gasteiger partial charge < -0.3 is 5.73 Å². The van der Waals surface area contributed by atoms with Crippen molar-refractivity contribution < 1.29 is 9.59 Å². The molecule has 1 aliphatic rings. The molecule has 2 aromatic rings. The third kappa shape index (κ3) is 2.04. The molecule has 0 radical (unpaired) electrons. The highest BCUT2D eigenvalue weighted by atomic mass is 79.9. The van der Waals surface area contributed by atoms with E-state index in [9.17, 15) is 9.59 Å². The summed E-state index contributed by atoms with van der Waals surface area (Å²) in [7, 11) is 0. The fraction of sp³-hybridized carbons (Fsp3) is 0. The molecule has 7 heteroatoms. The minimum atomic E-state index is -0.506. The summed E-state index contributed by atoms with van der Waals surface area (Å²) >= 11 is 15.4. The van der Waals surface area contributed by atoms with Crippen LogP contribution in [0.3, 0.4) is 0 Å². The van der Waals surface area contributed by atoms with Crippen LogP contribution < -0.4 is 10.6 Å². The molecule has 0 saturated carbocycles. The number of fused-ring (bicyclic) bond motifs is 1. The van der Waals surface area contributed by atoms with Gasteiger partial charge in [0, 0.05) is 10.2 Å². The van der Waals surface area contributed by atoms with Crippen LogP contribution in [0.4, 0.5) is 11.4 Å². The zero-order valence-electron chi connectivity index (χ0n) is 10.4.